The zero-order chi connectivity index (χ0) is 11.4. The highest BCUT2D eigenvalue weighted by molar-refractivity contribution is 9.08. The Balaban J connectivity index is 2.92. The molecule has 1 rings (SSSR count). The molecule has 0 atom stereocenters. The monoisotopic (exact) mass is 284 g/mol. The van der Waals surface area contributed by atoms with Gasteiger partial charge in [-0.2, -0.15) is 0 Å². The number of halogens is 5. The lowest BCUT2D eigenvalue weighted by Crippen LogP contribution is -2.17. The molecular formula is C10H9BrF4. The zero-order valence-electron chi connectivity index (χ0n) is 7.64. The fraction of sp³-hybridized carbons (Fsp3) is 0.400. The highest BCUT2D eigenvalue weighted by Crippen LogP contribution is 2.29. The van der Waals surface area contributed by atoms with Crippen LogP contribution in [0.15, 0.2) is 24.3 Å². The SMILES string of the molecule is FC(F)C(c1ccc(CBr)cc1)C(F)F. The van der Waals surface area contributed by atoms with Gasteiger partial charge in [0.25, 0.3) is 12.9 Å². The maximum Gasteiger partial charge on any atom is 0.250 e. The molecule has 0 aromatic heterocycles. The van der Waals surface area contributed by atoms with Gasteiger partial charge in [-0.1, -0.05) is 40.2 Å². The van der Waals surface area contributed by atoms with Crippen LogP contribution in [0.1, 0.15) is 17.0 Å². The van der Waals surface area contributed by atoms with Crippen molar-refractivity contribution in [1.29, 1.82) is 0 Å². The van der Waals surface area contributed by atoms with Gasteiger partial charge in [-0.15, -0.1) is 0 Å². The second kappa shape index (κ2) is 5.49. The van der Waals surface area contributed by atoms with E-state index in [4.69, 9.17) is 0 Å². The van der Waals surface area contributed by atoms with Crippen LogP contribution in [0.3, 0.4) is 0 Å². The second-order valence-electron chi connectivity index (χ2n) is 3.07. The van der Waals surface area contributed by atoms with Gasteiger partial charge in [-0.3, -0.25) is 0 Å². The molecule has 5 heteroatoms. The topological polar surface area (TPSA) is 0 Å². The van der Waals surface area contributed by atoms with Gasteiger partial charge in [0.1, 0.15) is 5.92 Å². The van der Waals surface area contributed by atoms with Crippen molar-refractivity contribution in [3.05, 3.63) is 35.4 Å². The van der Waals surface area contributed by atoms with E-state index in [1.54, 1.807) is 12.1 Å². The first-order valence-corrected chi connectivity index (χ1v) is 5.39. The molecule has 84 valence electrons. The Labute approximate surface area is 93.4 Å². The summed E-state index contributed by atoms with van der Waals surface area (Å²) in [6.45, 7) is 0. The lowest BCUT2D eigenvalue weighted by Gasteiger charge is -2.15. The average molecular weight is 285 g/mol. The normalized spacial score (nSPS) is 11.7. The summed E-state index contributed by atoms with van der Waals surface area (Å²) in [6.07, 6.45) is -6.08. The van der Waals surface area contributed by atoms with Gasteiger partial charge < -0.3 is 0 Å². The highest BCUT2D eigenvalue weighted by atomic mass is 79.9. The zero-order valence-corrected chi connectivity index (χ0v) is 9.22. The van der Waals surface area contributed by atoms with Crippen LogP contribution in [0, 0.1) is 0 Å². The first kappa shape index (κ1) is 12.5. The third-order valence-electron chi connectivity index (χ3n) is 2.06. The minimum atomic E-state index is -3.04. The van der Waals surface area contributed by atoms with Gasteiger partial charge in [0.15, 0.2) is 0 Å². The van der Waals surface area contributed by atoms with E-state index < -0.39 is 18.8 Å². The molecule has 0 heterocycles. The van der Waals surface area contributed by atoms with Crippen LogP contribution >= 0.6 is 15.9 Å². The molecule has 0 spiro atoms. The molecule has 0 bridgehead atoms. The lowest BCUT2D eigenvalue weighted by molar-refractivity contribution is 0.0147. The van der Waals surface area contributed by atoms with Gasteiger partial charge in [0.05, 0.1) is 0 Å². The molecule has 0 radical (unpaired) electrons. The van der Waals surface area contributed by atoms with Crippen LogP contribution in [0.25, 0.3) is 0 Å². The Morgan fingerprint density at radius 1 is 0.933 bits per heavy atom. The molecule has 0 fully saturated rings. The van der Waals surface area contributed by atoms with E-state index >= 15 is 0 Å². The molecule has 0 unspecified atom stereocenters. The van der Waals surface area contributed by atoms with Crippen molar-refractivity contribution < 1.29 is 17.6 Å². The van der Waals surface area contributed by atoms with Gasteiger partial charge in [-0.25, -0.2) is 17.6 Å². The number of hydrogen-bond acceptors (Lipinski definition) is 0. The number of rotatable bonds is 4. The Kier molecular flexibility index (Phi) is 4.57. The van der Waals surface area contributed by atoms with E-state index in [2.05, 4.69) is 15.9 Å². The van der Waals surface area contributed by atoms with Crippen LogP contribution < -0.4 is 0 Å². The van der Waals surface area contributed by atoms with Crippen molar-refractivity contribution >= 4 is 15.9 Å². The molecule has 0 aliphatic carbocycles. The summed E-state index contributed by atoms with van der Waals surface area (Å²) in [4.78, 5) is 0. The van der Waals surface area contributed by atoms with E-state index in [1.807, 2.05) is 0 Å². The Morgan fingerprint density at radius 3 is 1.73 bits per heavy atom. The molecule has 0 saturated heterocycles. The van der Waals surface area contributed by atoms with Gasteiger partial charge >= 0.3 is 0 Å². The fourth-order valence-electron chi connectivity index (χ4n) is 1.23. The average Bonchev–Trinajstić information content (AvgIpc) is 2.18. The third-order valence-corrected chi connectivity index (χ3v) is 2.71. The maximum atomic E-state index is 12.3. The van der Waals surface area contributed by atoms with E-state index in [9.17, 15) is 17.6 Å². The second-order valence-corrected chi connectivity index (χ2v) is 3.63. The Bertz CT molecular complexity index is 289. The standard InChI is InChI=1S/C10H9BrF4/c11-5-6-1-3-7(4-2-6)8(9(12)13)10(14)15/h1-4,8-10H,5H2. The molecule has 1 aromatic rings. The summed E-state index contributed by atoms with van der Waals surface area (Å²) in [6, 6.07) is 5.75. The van der Waals surface area contributed by atoms with Gasteiger partial charge in [-0.05, 0) is 11.1 Å². The smallest absolute Gasteiger partial charge is 0.210 e. The van der Waals surface area contributed by atoms with Crippen LogP contribution in [0.2, 0.25) is 0 Å². The molecule has 0 amide bonds. The van der Waals surface area contributed by atoms with E-state index in [0.29, 0.717) is 5.33 Å². The van der Waals surface area contributed by atoms with Crippen molar-refractivity contribution in [1.82, 2.24) is 0 Å². The number of alkyl halides is 5. The fourth-order valence-corrected chi connectivity index (χ4v) is 1.60. The van der Waals surface area contributed by atoms with E-state index in [-0.39, 0.29) is 5.56 Å². The maximum absolute atomic E-state index is 12.3. The summed E-state index contributed by atoms with van der Waals surface area (Å²) < 4.78 is 49.3. The predicted molar refractivity (Wildman–Crippen MR) is 53.8 cm³/mol. The van der Waals surface area contributed by atoms with Crippen LogP contribution in [0.5, 0.6) is 0 Å². The van der Waals surface area contributed by atoms with Crippen LogP contribution in [-0.4, -0.2) is 12.9 Å². The van der Waals surface area contributed by atoms with Gasteiger partial charge in [0, 0.05) is 5.33 Å². The molecule has 1 aromatic carbocycles. The van der Waals surface area contributed by atoms with E-state index in [1.165, 1.54) is 12.1 Å². The Morgan fingerprint density at radius 2 is 1.40 bits per heavy atom. The summed E-state index contributed by atoms with van der Waals surface area (Å²) in [7, 11) is 0. The summed E-state index contributed by atoms with van der Waals surface area (Å²) >= 11 is 3.18. The van der Waals surface area contributed by atoms with Crippen LogP contribution in [-0.2, 0) is 5.33 Å². The minimum Gasteiger partial charge on any atom is -0.210 e. The first-order chi connectivity index (χ1) is 7.06. The molecule has 0 aliphatic rings. The predicted octanol–water partition coefficient (Wildman–Crippen LogP) is 4.20. The highest BCUT2D eigenvalue weighted by Gasteiger charge is 2.31. The lowest BCUT2D eigenvalue weighted by atomic mass is 9.99. The summed E-state index contributed by atoms with van der Waals surface area (Å²) in [5.41, 5.74) is 0.839. The third kappa shape index (κ3) is 3.19. The minimum absolute atomic E-state index is 0.0234. The summed E-state index contributed by atoms with van der Waals surface area (Å²) in [5, 5.41) is 0.571. The number of benzene rings is 1. The molecule has 0 saturated carbocycles. The van der Waals surface area contributed by atoms with Crippen molar-refractivity contribution in [3.8, 4) is 0 Å². The van der Waals surface area contributed by atoms with Gasteiger partial charge in [0.2, 0.25) is 0 Å². The Hall–Kier alpha value is -0.580. The van der Waals surface area contributed by atoms with Crippen molar-refractivity contribution in [2.75, 3.05) is 0 Å². The van der Waals surface area contributed by atoms with Crippen molar-refractivity contribution in [2.45, 2.75) is 24.1 Å². The molecule has 0 N–H and O–H groups in total. The van der Waals surface area contributed by atoms with Crippen molar-refractivity contribution in [3.63, 3.8) is 0 Å². The first-order valence-electron chi connectivity index (χ1n) is 4.27. The van der Waals surface area contributed by atoms with Crippen LogP contribution in [0.4, 0.5) is 17.6 Å². The van der Waals surface area contributed by atoms with Crippen molar-refractivity contribution in [2.24, 2.45) is 0 Å². The largest absolute Gasteiger partial charge is 0.250 e. The molecular weight excluding hydrogens is 276 g/mol. The number of hydrogen-bond donors (Lipinski definition) is 0. The van der Waals surface area contributed by atoms with E-state index in [0.717, 1.165) is 5.56 Å². The molecule has 0 aliphatic heterocycles. The molecule has 0 nitrogen and oxygen atoms in total. The quantitative estimate of drug-likeness (QED) is 0.574. The molecule has 15 heavy (non-hydrogen) atoms. The summed E-state index contributed by atoms with van der Waals surface area (Å²) in [5.74, 6) is -1.99.